The first-order valence-electron chi connectivity index (χ1n) is 7.61. The van der Waals surface area contributed by atoms with Crippen LogP contribution in [-0.4, -0.2) is 15.5 Å². The van der Waals surface area contributed by atoms with Gasteiger partial charge in [0.25, 0.3) is 10.0 Å². The van der Waals surface area contributed by atoms with Crippen molar-refractivity contribution in [2.24, 2.45) is 0 Å². The first-order chi connectivity index (χ1) is 11.4. The van der Waals surface area contributed by atoms with E-state index < -0.39 is 10.0 Å². The van der Waals surface area contributed by atoms with Crippen LogP contribution in [0.2, 0.25) is 0 Å². The van der Waals surface area contributed by atoms with Gasteiger partial charge < -0.3 is 4.42 Å². The van der Waals surface area contributed by atoms with Crippen LogP contribution < -0.4 is 4.31 Å². The SMILES string of the molecule is Cc1ccc(S(=O)(=O)N(C)c2cc(C)c(-c3ccccc3)o2)cc1. The van der Waals surface area contributed by atoms with Gasteiger partial charge in [0.2, 0.25) is 5.88 Å². The van der Waals surface area contributed by atoms with Crippen molar-refractivity contribution in [2.45, 2.75) is 18.7 Å². The lowest BCUT2D eigenvalue weighted by molar-refractivity contribution is 0.566. The lowest BCUT2D eigenvalue weighted by Crippen LogP contribution is -2.26. The molecule has 0 unspecified atom stereocenters. The van der Waals surface area contributed by atoms with Crippen LogP contribution in [0.3, 0.4) is 0 Å². The zero-order valence-electron chi connectivity index (χ0n) is 13.9. The molecule has 0 aliphatic carbocycles. The Balaban J connectivity index is 1.99. The summed E-state index contributed by atoms with van der Waals surface area (Å²) in [6.07, 6.45) is 0. The number of sulfonamides is 1. The molecule has 5 heteroatoms. The van der Waals surface area contributed by atoms with Gasteiger partial charge in [0, 0.05) is 18.7 Å². The molecule has 0 saturated carbocycles. The smallest absolute Gasteiger partial charge is 0.266 e. The van der Waals surface area contributed by atoms with Crippen molar-refractivity contribution in [1.82, 2.24) is 0 Å². The highest BCUT2D eigenvalue weighted by molar-refractivity contribution is 7.92. The van der Waals surface area contributed by atoms with Gasteiger partial charge in [-0.1, -0.05) is 48.0 Å². The number of nitrogens with zero attached hydrogens (tertiary/aromatic N) is 1. The Morgan fingerprint density at radius 1 is 0.917 bits per heavy atom. The van der Waals surface area contributed by atoms with Crippen LogP contribution in [-0.2, 0) is 10.0 Å². The summed E-state index contributed by atoms with van der Waals surface area (Å²) in [5.74, 6) is 0.975. The number of anilines is 1. The highest BCUT2D eigenvalue weighted by Crippen LogP contribution is 2.32. The number of aryl methyl sites for hydroxylation is 2. The molecule has 1 heterocycles. The van der Waals surface area contributed by atoms with Gasteiger partial charge >= 0.3 is 0 Å². The molecule has 0 fully saturated rings. The molecule has 3 rings (SSSR count). The first-order valence-corrected chi connectivity index (χ1v) is 9.05. The van der Waals surface area contributed by atoms with E-state index in [1.54, 1.807) is 30.3 Å². The van der Waals surface area contributed by atoms with E-state index in [1.807, 2.05) is 44.2 Å². The Morgan fingerprint density at radius 2 is 1.54 bits per heavy atom. The van der Waals surface area contributed by atoms with E-state index in [2.05, 4.69) is 0 Å². The second-order valence-corrected chi connectivity index (χ2v) is 7.72. The average Bonchev–Trinajstić information content (AvgIpc) is 2.97. The molecule has 0 amide bonds. The van der Waals surface area contributed by atoms with Gasteiger partial charge in [-0.25, -0.2) is 12.7 Å². The van der Waals surface area contributed by atoms with Gasteiger partial charge in [-0.05, 0) is 31.5 Å². The predicted molar refractivity (Wildman–Crippen MR) is 95.6 cm³/mol. The molecule has 0 aliphatic heterocycles. The number of rotatable bonds is 4. The Morgan fingerprint density at radius 3 is 2.17 bits per heavy atom. The number of hydrogen-bond donors (Lipinski definition) is 0. The molecule has 0 radical (unpaired) electrons. The fraction of sp³-hybridized carbons (Fsp3) is 0.158. The minimum absolute atomic E-state index is 0.242. The van der Waals surface area contributed by atoms with E-state index in [0.29, 0.717) is 11.6 Å². The third-order valence-corrected chi connectivity index (χ3v) is 5.70. The average molecular weight is 341 g/mol. The van der Waals surface area contributed by atoms with Gasteiger partial charge in [0.15, 0.2) is 0 Å². The minimum Gasteiger partial charge on any atom is -0.439 e. The summed E-state index contributed by atoms with van der Waals surface area (Å²) < 4.78 is 32.6. The predicted octanol–water partition coefficient (Wildman–Crippen LogP) is 4.39. The molecular formula is C19H19NO3S. The second kappa shape index (κ2) is 6.17. The van der Waals surface area contributed by atoms with E-state index in [9.17, 15) is 8.42 Å². The topological polar surface area (TPSA) is 50.5 Å². The van der Waals surface area contributed by atoms with Crippen molar-refractivity contribution in [2.75, 3.05) is 11.4 Å². The van der Waals surface area contributed by atoms with Crippen LogP contribution in [0.1, 0.15) is 11.1 Å². The first kappa shape index (κ1) is 16.3. The van der Waals surface area contributed by atoms with Crippen LogP contribution >= 0.6 is 0 Å². The maximum atomic E-state index is 12.8. The Labute approximate surface area is 142 Å². The van der Waals surface area contributed by atoms with E-state index >= 15 is 0 Å². The summed E-state index contributed by atoms with van der Waals surface area (Å²) in [5.41, 5.74) is 2.82. The zero-order valence-corrected chi connectivity index (χ0v) is 14.7. The monoisotopic (exact) mass is 341 g/mol. The highest BCUT2D eigenvalue weighted by atomic mass is 32.2. The van der Waals surface area contributed by atoms with Crippen LogP contribution in [0.5, 0.6) is 0 Å². The molecule has 4 nitrogen and oxygen atoms in total. The summed E-state index contributed by atoms with van der Waals surface area (Å²) in [7, 11) is -2.15. The van der Waals surface area contributed by atoms with Gasteiger partial charge in [0.05, 0.1) is 4.90 Å². The molecule has 0 saturated heterocycles. The summed E-state index contributed by atoms with van der Waals surface area (Å²) in [4.78, 5) is 0.242. The Kier molecular flexibility index (Phi) is 4.20. The van der Waals surface area contributed by atoms with Crippen molar-refractivity contribution in [1.29, 1.82) is 0 Å². The van der Waals surface area contributed by atoms with Crippen LogP contribution in [0.4, 0.5) is 5.88 Å². The molecular weight excluding hydrogens is 322 g/mol. The third-order valence-electron chi connectivity index (χ3n) is 3.93. The molecule has 0 N–H and O–H groups in total. The van der Waals surface area contributed by atoms with Crippen molar-refractivity contribution >= 4 is 15.9 Å². The molecule has 24 heavy (non-hydrogen) atoms. The Bertz CT molecular complexity index is 942. The number of benzene rings is 2. The zero-order chi connectivity index (χ0) is 17.3. The quantitative estimate of drug-likeness (QED) is 0.707. The fourth-order valence-corrected chi connectivity index (χ4v) is 3.61. The maximum absolute atomic E-state index is 12.8. The number of furan rings is 1. The molecule has 0 spiro atoms. The third kappa shape index (κ3) is 2.95. The van der Waals surface area contributed by atoms with Crippen molar-refractivity contribution in [3.8, 4) is 11.3 Å². The summed E-state index contributed by atoms with van der Waals surface area (Å²) in [6.45, 7) is 3.82. The standard InChI is InChI=1S/C19H19NO3S/c1-14-9-11-17(12-10-14)24(21,22)20(3)18-13-15(2)19(23-18)16-7-5-4-6-8-16/h4-13H,1-3H3. The summed E-state index contributed by atoms with van der Waals surface area (Å²) >= 11 is 0. The fourth-order valence-electron chi connectivity index (χ4n) is 2.48. The molecule has 0 aliphatic rings. The molecule has 1 aromatic heterocycles. The number of hydrogen-bond acceptors (Lipinski definition) is 3. The highest BCUT2D eigenvalue weighted by Gasteiger charge is 2.24. The van der Waals surface area contributed by atoms with Gasteiger partial charge in [-0.2, -0.15) is 0 Å². The molecule has 0 atom stereocenters. The van der Waals surface area contributed by atoms with Gasteiger partial charge in [-0.3, -0.25) is 0 Å². The molecule has 2 aromatic carbocycles. The lowest BCUT2D eigenvalue weighted by atomic mass is 10.1. The summed E-state index contributed by atoms with van der Waals surface area (Å²) in [6, 6.07) is 18.2. The van der Waals surface area contributed by atoms with Crippen LogP contribution in [0.25, 0.3) is 11.3 Å². The maximum Gasteiger partial charge on any atom is 0.266 e. The van der Waals surface area contributed by atoms with Gasteiger partial charge in [-0.15, -0.1) is 0 Å². The molecule has 124 valence electrons. The largest absolute Gasteiger partial charge is 0.439 e. The van der Waals surface area contributed by atoms with Crippen molar-refractivity contribution in [3.63, 3.8) is 0 Å². The Hall–Kier alpha value is -2.53. The van der Waals surface area contributed by atoms with E-state index in [-0.39, 0.29) is 4.90 Å². The van der Waals surface area contributed by atoms with Crippen molar-refractivity contribution < 1.29 is 12.8 Å². The van der Waals surface area contributed by atoms with E-state index in [1.165, 1.54) is 11.4 Å². The summed E-state index contributed by atoms with van der Waals surface area (Å²) in [5, 5.41) is 0. The van der Waals surface area contributed by atoms with Crippen LogP contribution in [0.15, 0.2) is 70.0 Å². The second-order valence-electron chi connectivity index (χ2n) is 5.75. The van der Waals surface area contributed by atoms with Gasteiger partial charge in [0.1, 0.15) is 5.76 Å². The lowest BCUT2D eigenvalue weighted by Gasteiger charge is -2.16. The van der Waals surface area contributed by atoms with E-state index in [4.69, 9.17) is 4.42 Å². The normalized spacial score (nSPS) is 11.5. The van der Waals surface area contributed by atoms with Crippen molar-refractivity contribution in [3.05, 3.63) is 71.8 Å². The molecule has 0 bridgehead atoms. The van der Waals surface area contributed by atoms with E-state index in [0.717, 1.165) is 16.7 Å². The van der Waals surface area contributed by atoms with Crippen LogP contribution in [0, 0.1) is 13.8 Å². The molecule has 3 aromatic rings. The minimum atomic E-state index is -3.65.